The van der Waals surface area contributed by atoms with Crippen LogP contribution in [0, 0.1) is 0 Å². The average molecular weight is 703 g/mol. The number of carboxylic acid groups (broad SMARTS) is 1. The number of hydrogen-bond acceptors (Lipinski definition) is 3. The SMILES string of the molecule is CCCCC/C=C\C/C=C\CCCCCCCCCCCCCC(=O)OC(CCCCCCCCCCCCCCCCCCC)CC(=O)O. The van der Waals surface area contributed by atoms with Crippen LogP contribution in [0.15, 0.2) is 24.3 Å². The maximum Gasteiger partial charge on any atom is 0.307 e. The standard InChI is InChI=1S/C46H86O4/c1-3-5-7-9-11-13-15-17-19-21-22-23-24-26-28-30-32-34-36-38-40-42-46(49)50-44(43-45(47)48)41-39-37-35-33-31-29-27-25-20-18-16-14-12-10-8-6-4-2/h11,13,17,19,44H,3-10,12,14-16,18,20-43H2,1-2H3,(H,47,48)/b13-11-,19-17-. The molecule has 0 aromatic carbocycles. The average Bonchev–Trinajstić information content (AvgIpc) is 3.10. The molecule has 1 unspecified atom stereocenters. The molecule has 0 aromatic heterocycles. The van der Waals surface area contributed by atoms with Crippen LogP contribution in [0.2, 0.25) is 0 Å². The third-order valence-corrected chi connectivity index (χ3v) is 10.2. The Bertz CT molecular complexity index is 757. The van der Waals surface area contributed by atoms with Gasteiger partial charge in [0.2, 0.25) is 0 Å². The Kier molecular flexibility index (Phi) is 40.5. The van der Waals surface area contributed by atoms with Crippen LogP contribution in [0.4, 0.5) is 0 Å². The Morgan fingerprint density at radius 1 is 0.460 bits per heavy atom. The molecule has 4 nitrogen and oxygen atoms in total. The molecule has 0 aliphatic rings. The number of allylic oxidation sites excluding steroid dienone is 4. The Labute approximate surface area is 312 Å². The van der Waals surface area contributed by atoms with Crippen molar-refractivity contribution >= 4 is 11.9 Å². The fraction of sp³-hybridized carbons (Fsp3) is 0.870. The summed E-state index contributed by atoms with van der Waals surface area (Å²) in [5, 5.41) is 9.30. The van der Waals surface area contributed by atoms with Crippen LogP contribution in [0.1, 0.15) is 251 Å². The molecule has 1 N–H and O–H groups in total. The summed E-state index contributed by atoms with van der Waals surface area (Å²) in [7, 11) is 0. The van der Waals surface area contributed by atoms with Crippen molar-refractivity contribution < 1.29 is 19.4 Å². The Balaban J connectivity index is 3.58. The van der Waals surface area contributed by atoms with Crippen molar-refractivity contribution in [2.45, 2.75) is 258 Å². The first-order valence-corrected chi connectivity index (χ1v) is 22.3. The normalized spacial score (nSPS) is 12.4. The molecule has 4 heteroatoms. The topological polar surface area (TPSA) is 63.6 Å². The molecular formula is C46H86O4. The number of carbonyl (C=O) groups excluding carboxylic acids is 1. The number of carbonyl (C=O) groups is 2. The highest BCUT2D eigenvalue weighted by Gasteiger charge is 2.17. The second-order valence-electron chi connectivity index (χ2n) is 15.3. The van der Waals surface area contributed by atoms with Gasteiger partial charge < -0.3 is 9.84 Å². The Hall–Kier alpha value is -1.58. The zero-order valence-electron chi connectivity index (χ0n) is 33.7. The number of carboxylic acids is 1. The van der Waals surface area contributed by atoms with E-state index in [1.54, 1.807) is 0 Å². The summed E-state index contributed by atoms with van der Waals surface area (Å²) >= 11 is 0. The van der Waals surface area contributed by atoms with E-state index in [0.717, 1.165) is 32.1 Å². The van der Waals surface area contributed by atoms with Crippen molar-refractivity contribution in [1.29, 1.82) is 0 Å². The van der Waals surface area contributed by atoms with E-state index < -0.39 is 12.1 Å². The molecular weight excluding hydrogens is 617 g/mol. The minimum absolute atomic E-state index is 0.0707. The van der Waals surface area contributed by atoms with Gasteiger partial charge in [-0.1, -0.05) is 212 Å². The summed E-state index contributed by atoms with van der Waals surface area (Å²) in [5.41, 5.74) is 0. The van der Waals surface area contributed by atoms with Gasteiger partial charge in [0.15, 0.2) is 0 Å². The van der Waals surface area contributed by atoms with E-state index >= 15 is 0 Å². The highest BCUT2D eigenvalue weighted by molar-refractivity contribution is 5.71. The Morgan fingerprint density at radius 2 is 0.800 bits per heavy atom. The highest BCUT2D eigenvalue weighted by Crippen LogP contribution is 2.18. The van der Waals surface area contributed by atoms with Crippen LogP contribution in [0.25, 0.3) is 0 Å². The first-order chi connectivity index (χ1) is 24.6. The van der Waals surface area contributed by atoms with Gasteiger partial charge in [0.05, 0.1) is 6.42 Å². The first kappa shape index (κ1) is 48.4. The predicted octanol–water partition coefficient (Wildman–Crippen LogP) is 15.6. The molecule has 0 heterocycles. The van der Waals surface area contributed by atoms with Crippen LogP contribution >= 0.6 is 0 Å². The largest absolute Gasteiger partial charge is 0.481 e. The summed E-state index contributed by atoms with van der Waals surface area (Å²) < 4.78 is 5.61. The number of unbranched alkanes of at least 4 members (excludes halogenated alkanes) is 30. The third kappa shape index (κ3) is 40.8. The monoisotopic (exact) mass is 703 g/mol. The van der Waals surface area contributed by atoms with Gasteiger partial charge in [-0.25, -0.2) is 0 Å². The second kappa shape index (κ2) is 41.8. The molecule has 0 spiro atoms. The van der Waals surface area contributed by atoms with E-state index in [-0.39, 0.29) is 12.4 Å². The van der Waals surface area contributed by atoms with Gasteiger partial charge in [-0.15, -0.1) is 0 Å². The summed E-state index contributed by atoms with van der Waals surface area (Å²) in [6, 6.07) is 0. The number of aliphatic carboxylic acids is 1. The van der Waals surface area contributed by atoms with Gasteiger partial charge in [0.1, 0.15) is 6.10 Å². The van der Waals surface area contributed by atoms with E-state index in [9.17, 15) is 14.7 Å². The quantitative estimate of drug-likeness (QED) is 0.0391. The van der Waals surface area contributed by atoms with Crippen LogP contribution in [0.5, 0.6) is 0 Å². The second-order valence-corrected chi connectivity index (χ2v) is 15.3. The van der Waals surface area contributed by atoms with Crippen molar-refractivity contribution in [2.24, 2.45) is 0 Å². The fourth-order valence-corrected chi connectivity index (χ4v) is 6.88. The van der Waals surface area contributed by atoms with Gasteiger partial charge in [-0.2, -0.15) is 0 Å². The highest BCUT2D eigenvalue weighted by atomic mass is 16.5. The smallest absolute Gasteiger partial charge is 0.307 e. The summed E-state index contributed by atoms with van der Waals surface area (Å²) in [5.74, 6) is -1.09. The molecule has 0 aliphatic heterocycles. The lowest BCUT2D eigenvalue weighted by Gasteiger charge is -2.16. The van der Waals surface area contributed by atoms with E-state index in [0.29, 0.717) is 12.8 Å². The third-order valence-electron chi connectivity index (χ3n) is 10.2. The lowest BCUT2D eigenvalue weighted by atomic mass is 10.0. The van der Waals surface area contributed by atoms with Gasteiger partial charge in [0, 0.05) is 6.42 Å². The number of ether oxygens (including phenoxy) is 1. The molecule has 0 saturated heterocycles. The van der Waals surface area contributed by atoms with Gasteiger partial charge >= 0.3 is 11.9 Å². The minimum Gasteiger partial charge on any atom is -0.481 e. The van der Waals surface area contributed by atoms with Crippen molar-refractivity contribution in [3.05, 3.63) is 24.3 Å². The number of rotatable bonds is 41. The predicted molar refractivity (Wildman–Crippen MR) is 218 cm³/mol. The van der Waals surface area contributed by atoms with Crippen LogP contribution in [-0.4, -0.2) is 23.1 Å². The van der Waals surface area contributed by atoms with Crippen molar-refractivity contribution in [2.75, 3.05) is 0 Å². The molecule has 0 aliphatic carbocycles. The van der Waals surface area contributed by atoms with Crippen LogP contribution < -0.4 is 0 Å². The summed E-state index contributed by atoms with van der Waals surface area (Å²) in [4.78, 5) is 23.7. The zero-order chi connectivity index (χ0) is 36.4. The minimum atomic E-state index is -0.876. The molecule has 0 rings (SSSR count). The molecule has 1 atom stereocenters. The molecule has 0 amide bonds. The lowest BCUT2D eigenvalue weighted by molar-refractivity contribution is -0.153. The summed E-state index contributed by atoms with van der Waals surface area (Å²) in [6.45, 7) is 4.54. The Morgan fingerprint density at radius 3 is 1.22 bits per heavy atom. The van der Waals surface area contributed by atoms with Gasteiger partial charge in [-0.05, 0) is 51.4 Å². The molecule has 0 radical (unpaired) electrons. The summed E-state index contributed by atoms with van der Waals surface area (Å²) in [6.07, 6.45) is 53.6. The first-order valence-electron chi connectivity index (χ1n) is 22.3. The van der Waals surface area contributed by atoms with E-state index in [1.165, 1.54) is 186 Å². The van der Waals surface area contributed by atoms with Crippen molar-refractivity contribution in [3.8, 4) is 0 Å². The fourth-order valence-electron chi connectivity index (χ4n) is 6.88. The zero-order valence-corrected chi connectivity index (χ0v) is 33.7. The maximum absolute atomic E-state index is 12.4. The van der Waals surface area contributed by atoms with Crippen molar-refractivity contribution in [3.63, 3.8) is 0 Å². The number of esters is 1. The lowest BCUT2D eigenvalue weighted by Crippen LogP contribution is -2.21. The van der Waals surface area contributed by atoms with E-state index in [2.05, 4.69) is 38.2 Å². The molecule has 0 bridgehead atoms. The molecule has 0 aromatic rings. The van der Waals surface area contributed by atoms with E-state index in [1.807, 2.05) is 0 Å². The van der Waals surface area contributed by atoms with E-state index in [4.69, 9.17) is 4.74 Å². The number of hydrogen-bond donors (Lipinski definition) is 1. The molecule has 0 fully saturated rings. The molecule has 0 saturated carbocycles. The molecule has 50 heavy (non-hydrogen) atoms. The van der Waals surface area contributed by atoms with Gasteiger partial charge in [-0.3, -0.25) is 9.59 Å². The molecule has 294 valence electrons. The van der Waals surface area contributed by atoms with Crippen LogP contribution in [-0.2, 0) is 14.3 Å². The van der Waals surface area contributed by atoms with Crippen LogP contribution in [0.3, 0.4) is 0 Å². The van der Waals surface area contributed by atoms with Gasteiger partial charge in [0.25, 0.3) is 0 Å². The maximum atomic E-state index is 12.4. The van der Waals surface area contributed by atoms with Crippen molar-refractivity contribution in [1.82, 2.24) is 0 Å².